The summed E-state index contributed by atoms with van der Waals surface area (Å²) in [5.41, 5.74) is 1.47. The molecular weight excluding hydrogens is 411 g/mol. The largest absolute Gasteiger partial charge is 0.481 e. The highest BCUT2D eigenvalue weighted by atomic mass is 19.1. The molecule has 0 bridgehead atoms. The van der Waals surface area contributed by atoms with Gasteiger partial charge in [-0.1, -0.05) is 31.9 Å². The minimum Gasteiger partial charge on any atom is -0.481 e. The molecule has 2 unspecified atom stereocenters. The molecule has 2 fully saturated rings. The van der Waals surface area contributed by atoms with Crippen molar-refractivity contribution in [2.45, 2.75) is 51.0 Å². The van der Waals surface area contributed by atoms with E-state index in [0.29, 0.717) is 40.4 Å². The number of aromatic nitrogens is 5. The van der Waals surface area contributed by atoms with Crippen LogP contribution in [0.1, 0.15) is 50.5 Å². The van der Waals surface area contributed by atoms with Crippen molar-refractivity contribution in [3.05, 3.63) is 36.4 Å². The van der Waals surface area contributed by atoms with Crippen molar-refractivity contribution in [3.63, 3.8) is 0 Å². The van der Waals surface area contributed by atoms with Crippen LogP contribution in [0.4, 0.5) is 10.2 Å². The Hall–Kier alpha value is -3.36. The van der Waals surface area contributed by atoms with E-state index in [0.717, 1.165) is 44.7 Å². The monoisotopic (exact) mass is 436 g/mol. The maximum atomic E-state index is 13.8. The molecule has 0 aliphatic heterocycles. The Kier molecular flexibility index (Phi) is 5.11. The van der Waals surface area contributed by atoms with Gasteiger partial charge in [0.05, 0.1) is 17.5 Å². The highest BCUT2D eigenvalue weighted by Crippen LogP contribution is 2.52. The molecule has 3 N–H and O–H groups in total. The second-order valence-electron chi connectivity index (χ2n) is 8.85. The predicted octanol–water partition coefficient (Wildman–Crippen LogP) is 4.42. The number of pyridine rings is 1. The molecule has 2 saturated carbocycles. The number of halogens is 1. The molecule has 3 heterocycles. The number of aromatic amines is 1. The van der Waals surface area contributed by atoms with Crippen molar-refractivity contribution in [1.82, 2.24) is 25.1 Å². The lowest BCUT2D eigenvalue weighted by Crippen LogP contribution is -2.50. The zero-order valence-electron chi connectivity index (χ0n) is 17.6. The molecule has 2 atom stereocenters. The van der Waals surface area contributed by atoms with Crippen LogP contribution in [-0.2, 0) is 4.79 Å². The van der Waals surface area contributed by atoms with Crippen molar-refractivity contribution in [3.8, 4) is 11.5 Å². The maximum absolute atomic E-state index is 13.8. The first-order valence-electron chi connectivity index (χ1n) is 11.0. The maximum Gasteiger partial charge on any atom is 0.308 e. The number of hydrogen-bond acceptors (Lipinski definition) is 6. The van der Waals surface area contributed by atoms with E-state index < -0.39 is 17.7 Å². The summed E-state index contributed by atoms with van der Waals surface area (Å²) >= 11 is 0. The average Bonchev–Trinajstić information content (AvgIpc) is 3.42. The van der Waals surface area contributed by atoms with Gasteiger partial charge in [0.1, 0.15) is 17.3 Å². The fourth-order valence-corrected chi connectivity index (χ4v) is 5.55. The molecule has 1 spiro atoms. The molecule has 0 saturated heterocycles. The molecule has 0 radical (unpaired) electrons. The van der Waals surface area contributed by atoms with Crippen LogP contribution in [0.25, 0.3) is 28.6 Å². The van der Waals surface area contributed by atoms with Gasteiger partial charge in [0.15, 0.2) is 11.5 Å². The van der Waals surface area contributed by atoms with Crippen LogP contribution in [0.15, 0.2) is 25.0 Å². The highest BCUT2D eigenvalue weighted by molar-refractivity contribution is 5.89. The number of carboxylic acids is 1. The first-order valence-corrected chi connectivity index (χ1v) is 11.0. The first-order chi connectivity index (χ1) is 15.5. The molecule has 166 valence electrons. The summed E-state index contributed by atoms with van der Waals surface area (Å²) in [5.74, 6) is -0.873. The lowest BCUT2D eigenvalue weighted by molar-refractivity contribution is -0.145. The zero-order chi connectivity index (χ0) is 22.3. The quantitative estimate of drug-likeness (QED) is 0.542. The van der Waals surface area contributed by atoms with Crippen molar-refractivity contribution in [2.24, 2.45) is 11.3 Å². The standard InChI is InChI=1S/C23H25FN6O2/c1-2-13-11-25-21(17-16-10-14(24)12-26-20(16)30-29-17)28-19(13)27-18-15(22(31)32)6-5-9-23(18)7-3-4-8-23/h2,10-12,15,18H,1,3-9H2,(H,31,32)(H,25,27,28)(H,26,29,30). The second-order valence-corrected chi connectivity index (χ2v) is 8.85. The van der Waals surface area contributed by atoms with Crippen molar-refractivity contribution in [1.29, 1.82) is 0 Å². The van der Waals surface area contributed by atoms with E-state index in [4.69, 9.17) is 4.98 Å². The van der Waals surface area contributed by atoms with Gasteiger partial charge in [-0.25, -0.2) is 19.3 Å². The summed E-state index contributed by atoms with van der Waals surface area (Å²) in [6.45, 7) is 3.87. The Morgan fingerprint density at radius 2 is 2.03 bits per heavy atom. The van der Waals surface area contributed by atoms with E-state index in [1.807, 2.05) is 0 Å². The van der Waals surface area contributed by atoms with E-state index in [1.165, 1.54) is 6.07 Å². The zero-order valence-corrected chi connectivity index (χ0v) is 17.6. The van der Waals surface area contributed by atoms with E-state index in [9.17, 15) is 14.3 Å². The number of hydrogen-bond donors (Lipinski definition) is 3. The number of carboxylic acid groups (broad SMARTS) is 1. The number of nitrogens with one attached hydrogen (secondary N) is 2. The van der Waals surface area contributed by atoms with Crippen LogP contribution in [0.2, 0.25) is 0 Å². The Bertz CT molecular complexity index is 1190. The summed E-state index contributed by atoms with van der Waals surface area (Å²) in [7, 11) is 0. The topological polar surface area (TPSA) is 117 Å². The van der Waals surface area contributed by atoms with Crippen LogP contribution in [0.5, 0.6) is 0 Å². The smallest absolute Gasteiger partial charge is 0.308 e. The van der Waals surface area contributed by atoms with Gasteiger partial charge in [-0.2, -0.15) is 5.10 Å². The van der Waals surface area contributed by atoms with Crippen molar-refractivity contribution >= 4 is 28.9 Å². The Morgan fingerprint density at radius 3 is 2.78 bits per heavy atom. The minimum absolute atomic E-state index is 0.0431. The molecular formula is C23H25FN6O2. The molecule has 2 aliphatic rings. The molecule has 2 aliphatic carbocycles. The number of anilines is 1. The van der Waals surface area contributed by atoms with Gasteiger partial charge in [-0.3, -0.25) is 9.89 Å². The molecule has 3 aromatic heterocycles. The number of fused-ring (bicyclic) bond motifs is 1. The minimum atomic E-state index is -0.774. The third-order valence-corrected chi connectivity index (χ3v) is 7.10. The number of aliphatic carboxylic acids is 1. The van der Waals surface area contributed by atoms with Crippen LogP contribution in [0, 0.1) is 17.2 Å². The predicted molar refractivity (Wildman–Crippen MR) is 118 cm³/mol. The van der Waals surface area contributed by atoms with Gasteiger partial charge in [-0.15, -0.1) is 0 Å². The van der Waals surface area contributed by atoms with Gasteiger partial charge in [0.2, 0.25) is 0 Å². The van der Waals surface area contributed by atoms with Gasteiger partial charge < -0.3 is 10.4 Å². The normalized spacial score (nSPS) is 22.3. The lowest BCUT2D eigenvalue weighted by atomic mass is 9.64. The number of rotatable bonds is 5. The first kappa shape index (κ1) is 20.5. The fourth-order valence-electron chi connectivity index (χ4n) is 5.55. The van der Waals surface area contributed by atoms with E-state index in [1.54, 1.807) is 12.3 Å². The van der Waals surface area contributed by atoms with Crippen LogP contribution in [-0.4, -0.2) is 42.3 Å². The summed E-state index contributed by atoms with van der Waals surface area (Å²) in [4.78, 5) is 25.2. The molecule has 0 aromatic carbocycles. The van der Waals surface area contributed by atoms with Crippen LogP contribution in [0.3, 0.4) is 0 Å². The summed E-state index contributed by atoms with van der Waals surface area (Å²) in [5, 5.41) is 20.9. The molecule has 0 amide bonds. The lowest BCUT2D eigenvalue weighted by Gasteiger charge is -2.45. The number of nitrogens with zero attached hydrogens (tertiary/aromatic N) is 4. The van der Waals surface area contributed by atoms with Gasteiger partial charge in [-0.05, 0) is 37.2 Å². The molecule has 32 heavy (non-hydrogen) atoms. The fraction of sp³-hybridized carbons (Fsp3) is 0.435. The van der Waals surface area contributed by atoms with Gasteiger partial charge >= 0.3 is 5.97 Å². The van der Waals surface area contributed by atoms with E-state index in [2.05, 4.69) is 32.1 Å². The van der Waals surface area contributed by atoms with Gasteiger partial charge in [0.25, 0.3) is 0 Å². The Morgan fingerprint density at radius 1 is 1.25 bits per heavy atom. The van der Waals surface area contributed by atoms with Gasteiger partial charge in [0, 0.05) is 17.8 Å². The summed E-state index contributed by atoms with van der Waals surface area (Å²) in [6.07, 6.45) is 11.3. The third-order valence-electron chi connectivity index (χ3n) is 7.10. The van der Waals surface area contributed by atoms with E-state index in [-0.39, 0.29) is 11.5 Å². The molecule has 8 nitrogen and oxygen atoms in total. The third kappa shape index (κ3) is 3.41. The highest BCUT2D eigenvalue weighted by Gasteiger charge is 2.49. The number of carbonyl (C=O) groups is 1. The Balaban J connectivity index is 1.57. The van der Waals surface area contributed by atoms with Crippen LogP contribution >= 0.6 is 0 Å². The Labute approximate surface area is 184 Å². The molecule has 5 rings (SSSR count). The van der Waals surface area contributed by atoms with Crippen molar-refractivity contribution < 1.29 is 14.3 Å². The summed E-state index contributed by atoms with van der Waals surface area (Å²) in [6, 6.07) is 1.11. The van der Waals surface area contributed by atoms with Crippen LogP contribution < -0.4 is 5.32 Å². The molecule has 9 heteroatoms. The van der Waals surface area contributed by atoms with Crippen molar-refractivity contribution in [2.75, 3.05) is 5.32 Å². The second kappa shape index (κ2) is 7.96. The average molecular weight is 436 g/mol. The molecule has 3 aromatic rings. The van der Waals surface area contributed by atoms with E-state index >= 15 is 0 Å². The SMILES string of the molecule is C=Cc1cnc(-c2[nH]nc3ncc(F)cc23)nc1NC1C(C(=O)O)CCCC12CCCC2. The summed E-state index contributed by atoms with van der Waals surface area (Å²) < 4.78 is 13.8. The number of H-pyrrole nitrogens is 1.